The first-order valence-electron chi connectivity index (χ1n) is 7.76. The van der Waals surface area contributed by atoms with Crippen LogP contribution in [-0.4, -0.2) is 43.2 Å². The van der Waals surface area contributed by atoms with Crippen LogP contribution in [0.5, 0.6) is 0 Å². The van der Waals surface area contributed by atoms with E-state index in [0.717, 1.165) is 38.8 Å². The molecule has 6 heteroatoms. The SMILES string of the molecule is CSC(=O)NCCCCCCCCNC(=O)COC(C)C. The molecule has 2 N–H and O–H groups in total. The monoisotopic (exact) mass is 318 g/mol. The average molecular weight is 318 g/mol. The van der Waals surface area contributed by atoms with E-state index in [9.17, 15) is 9.59 Å². The quantitative estimate of drug-likeness (QED) is 0.543. The third kappa shape index (κ3) is 15.5. The second-order valence-corrected chi connectivity index (χ2v) is 6.03. The number of nitrogens with one attached hydrogen (secondary N) is 2. The zero-order valence-electron chi connectivity index (χ0n) is 13.6. The number of unbranched alkanes of at least 4 members (excludes halogenated alkanes) is 5. The molecule has 0 aromatic carbocycles. The molecule has 0 aliphatic carbocycles. The van der Waals surface area contributed by atoms with Crippen molar-refractivity contribution in [2.24, 2.45) is 0 Å². The number of thioether (sulfide) groups is 1. The molecule has 0 bridgehead atoms. The van der Waals surface area contributed by atoms with Crippen molar-refractivity contribution >= 4 is 22.9 Å². The van der Waals surface area contributed by atoms with Crippen LogP contribution in [0.15, 0.2) is 0 Å². The Balaban J connectivity index is 3.18. The summed E-state index contributed by atoms with van der Waals surface area (Å²) in [5, 5.41) is 5.74. The van der Waals surface area contributed by atoms with Gasteiger partial charge in [0, 0.05) is 13.1 Å². The van der Waals surface area contributed by atoms with Gasteiger partial charge in [-0.3, -0.25) is 9.59 Å². The van der Waals surface area contributed by atoms with Gasteiger partial charge < -0.3 is 15.4 Å². The molecule has 21 heavy (non-hydrogen) atoms. The fourth-order valence-corrected chi connectivity index (χ4v) is 1.99. The average Bonchev–Trinajstić information content (AvgIpc) is 2.46. The number of rotatable bonds is 12. The zero-order chi connectivity index (χ0) is 15.9. The van der Waals surface area contributed by atoms with Crippen molar-refractivity contribution in [1.29, 1.82) is 0 Å². The van der Waals surface area contributed by atoms with Gasteiger partial charge in [0.1, 0.15) is 6.61 Å². The van der Waals surface area contributed by atoms with Gasteiger partial charge >= 0.3 is 0 Å². The Morgan fingerprint density at radius 1 is 0.952 bits per heavy atom. The molecule has 124 valence electrons. The number of carbonyl (C=O) groups is 2. The normalized spacial score (nSPS) is 10.7. The van der Waals surface area contributed by atoms with Gasteiger partial charge in [-0.15, -0.1) is 0 Å². The van der Waals surface area contributed by atoms with Crippen molar-refractivity contribution in [3.63, 3.8) is 0 Å². The minimum Gasteiger partial charge on any atom is -0.369 e. The van der Waals surface area contributed by atoms with Gasteiger partial charge in [0.25, 0.3) is 5.24 Å². The smallest absolute Gasteiger partial charge is 0.278 e. The van der Waals surface area contributed by atoms with Gasteiger partial charge in [0.05, 0.1) is 6.10 Å². The van der Waals surface area contributed by atoms with Crippen molar-refractivity contribution < 1.29 is 14.3 Å². The minimum atomic E-state index is -0.0340. The largest absolute Gasteiger partial charge is 0.369 e. The molecule has 0 heterocycles. The Morgan fingerprint density at radius 3 is 2.00 bits per heavy atom. The molecule has 0 aliphatic heterocycles. The highest BCUT2D eigenvalue weighted by atomic mass is 32.2. The van der Waals surface area contributed by atoms with Gasteiger partial charge in [-0.25, -0.2) is 0 Å². The fourth-order valence-electron chi connectivity index (χ4n) is 1.74. The van der Waals surface area contributed by atoms with Crippen LogP contribution in [0.2, 0.25) is 0 Å². The lowest BCUT2D eigenvalue weighted by Gasteiger charge is -2.08. The van der Waals surface area contributed by atoms with Crippen molar-refractivity contribution in [3.8, 4) is 0 Å². The van der Waals surface area contributed by atoms with Crippen LogP contribution in [-0.2, 0) is 9.53 Å². The molecule has 0 aliphatic rings. The van der Waals surface area contributed by atoms with E-state index < -0.39 is 0 Å². The summed E-state index contributed by atoms with van der Waals surface area (Å²) in [7, 11) is 0. The topological polar surface area (TPSA) is 67.4 Å². The summed E-state index contributed by atoms with van der Waals surface area (Å²) in [5.41, 5.74) is 0. The first kappa shape index (κ1) is 20.2. The Bertz CT molecular complexity index is 286. The molecule has 0 aromatic heterocycles. The molecule has 0 aromatic rings. The van der Waals surface area contributed by atoms with Gasteiger partial charge in [-0.2, -0.15) is 0 Å². The third-order valence-electron chi connectivity index (χ3n) is 2.93. The van der Waals surface area contributed by atoms with Crippen LogP contribution in [0.25, 0.3) is 0 Å². The molecule has 0 unspecified atom stereocenters. The van der Waals surface area contributed by atoms with Crippen molar-refractivity contribution in [1.82, 2.24) is 10.6 Å². The molecule has 5 nitrogen and oxygen atoms in total. The molecule has 0 fully saturated rings. The lowest BCUT2D eigenvalue weighted by molar-refractivity contribution is -0.127. The van der Waals surface area contributed by atoms with E-state index in [1.54, 1.807) is 6.26 Å². The number of carbonyl (C=O) groups excluding carboxylic acids is 2. The van der Waals surface area contributed by atoms with Crippen LogP contribution in [0, 0.1) is 0 Å². The summed E-state index contributed by atoms with van der Waals surface area (Å²) in [5.74, 6) is -0.0340. The lowest BCUT2D eigenvalue weighted by Crippen LogP contribution is -2.29. The predicted molar refractivity (Wildman–Crippen MR) is 88.7 cm³/mol. The highest BCUT2D eigenvalue weighted by molar-refractivity contribution is 8.12. The van der Waals surface area contributed by atoms with E-state index in [1.165, 1.54) is 24.6 Å². The highest BCUT2D eigenvalue weighted by Gasteiger charge is 2.02. The molecule has 0 saturated heterocycles. The summed E-state index contributed by atoms with van der Waals surface area (Å²) in [4.78, 5) is 22.3. The maximum Gasteiger partial charge on any atom is 0.278 e. The van der Waals surface area contributed by atoms with Crippen molar-refractivity contribution in [2.75, 3.05) is 26.0 Å². The number of ether oxygens (including phenoxy) is 1. The second kappa shape index (κ2) is 14.2. The Labute approximate surface area is 133 Å². The summed E-state index contributed by atoms with van der Waals surface area (Å²) in [6, 6.07) is 0. The molecular formula is C15H30N2O3S. The molecule has 0 spiro atoms. The van der Waals surface area contributed by atoms with Crippen molar-refractivity contribution in [3.05, 3.63) is 0 Å². The second-order valence-electron chi connectivity index (χ2n) is 5.25. The van der Waals surface area contributed by atoms with E-state index >= 15 is 0 Å². The van der Waals surface area contributed by atoms with E-state index in [-0.39, 0.29) is 23.9 Å². The standard InChI is InChI=1S/C15H30N2O3S/c1-13(2)20-12-14(18)16-10-8-6-4-5-7-9-11-17-15(19)21-3/h13H,4-12H2,1-3H3,(H,16,18)(H,17,19). The minimum absolute atomic E-state index is 0.0340. The summed E-state index contributed by atoms with van der Waals surface area (Å²) in [6.45, 7) is 5.48. The number of amides is 2. The number of hydrogen-bond donors (Lipinski definition) is 2. The zero-order valence-corrected chi connectivity index (χ0v) is 14.4. The molecule has 0 rings (SSSR count). The maximum absolute atomic E-state index is 11.4. The maximum atomic E-state index is 11.4. The lowest BCUT2D eigenvalue weighted by atomic mass is 10.1. The van der Waals surface area contributed by atoms with Crippen LogP contribution in [0.3, 0.4) is 0 Å². The fraction of sp³-hybridized carbons (Fsp3) is 0.867. The Hall–Kier alpha value is -0.750. The molecule has 0 radical (unpaired) electrons. The highest BCUT2D eigenvalue weighted by Crippen LogP contribution is 2.04. The Kier molecular flexibility index (Phi) is 13.7. The van der Waals surface area contributed by atoms with Crippen LogP contribution < -0.4 is 10.6 Å². The summed E-state index contributed by atoms with van der Waals surface area (Å²) < 4.78 is 5.22. The van der Waals surface area contributed by atoms with E-state index in [4.69, 9.17) is 4.74 Å². The van der Waals surface area contributed by atoms with Gasteiger partial charge in [-0.1, -0.05) is 37.4 Å². The van der Waals surface area contributed by atoms with Gasteiger partial charge in [-0.05, 0) is 32.9 Å². The summed E-state index contributed by atoms with van der Waals surface area (Å²) >= 11 is 1.22. The van der Waals surface area contributed by atoms with Crippen LogP contribution in [0.4, 0.5) is 4.79 Å². The predicted octanol–water partition coefficient (Wildman–Crippen LogP) is 2.94. The Morgan fingerprint density at radius 2 is 1.48 bits per heavy atom. The summed E-state index contributed by atoms with van der Waals surface area (Å²) in [6.07, 6.45) is 8.55. The molecule has 0 atom stereocenters. The van der Waals surface area contributed by atoms with Crippen LogP contribution >= 0.6 is 11.8 Å². The van der Waals surface area contributed by atoms with Gasteiger partial charge in [0.2, 0.25) is 5.91 Å². The molecular weight excluding hydrogens is 288 g/mol. The first-order valence-corrected chi connectivity index (χ1v) is 8.99. The molecule has 0 saturated carbocycles. The third-order valence-corrected chi connectivity index (χ3v) is 3.44. The van der Waals surface area contributed by atoms with Crippen molar-refractivity contribution in [2.45, 2.75) is 58.5 Å². The van der Waals surface area contributed by atoms with Crippen LogP contribution in [0.1, 0.15) is 52.4 Å². The van der Waals surface area contributed by atoms with E-state index in [0.29, 0.717) is 0 Å². The van der Waals surface area contributed by atoms with Gasteiger partial charge in [0.15, 0.2) is 0 Å². The molecule has 2 amide bonds. The van der Waals surface area contributed by atoms with E-state index in [1.807, 2.05) is 13.8 Å². The first-order chi connectivity index (χ1) is 10.1. The van der Waals surface area contributed by atoms with E-state index in [2.05, 4.69) is 10.6 Å². The number of hydrogen-bond acceptors (Lipinski definition) is 4.